The number of benzene rings is 1. The second-order valence-corrected chi connectivity index (χ2v) is 5.89. The second-order valence-electron chi connectivity index (χ2n) is 5.45. The number of nitrogens with zero attached hydrogens (tertiary/aromatic N) is 1. The fourth-order valence-electron chi connectivity index (χ4n) is 2.76. The predicted octanol–water partition coefficient (Wildman–Crippen LogP) is 2.11. The molecule has 21 heavy (non-hydrogen) atoms. The first-order chi connectivity index (χ1) is 10.2. The fraction of sp³-hybridized carbons (Fsp3) is 0.562. The summed E-state index contributed by atoms with van der Waals surface area (Å²) in [6, 6.07) is 8.12. The van der Waals surface area contributed by atoms with Gasteiger partial charge in [-0.2, -0.15) is 0 Å². The third-order valence-corrected chi connectivity index (χ3v) is 4.06. The molecule has 0 unspecified atom stereocenters. The van der Waals surface area contributed by atoms with Crippen molar-refractivity contribution in [3.63, 3.8) is 0 Å². The van der Waals surface area contributed by atoms with Gasteiger partial charge in [-0.05, 0) is 43.5 Å². The number of carbonyl (C=O) groups is 1. The standard InChI is InChI=1S/C16H23ClN2O2/c1-21-12-15-6-3-9-19(15)11-16(20)18-8-7-13-4-2-5-14(17)10-13/h2,4-5,10,15H,3,6-9,11-12H2,1H3,(H,18,20)/t15-/m0/s1. The maximum Gasteiger partial charge on any atom is 0.234 e. The maximum atomic E-state index is 12.0. The molecular formula is C16H23ClN2O2. The van der Waals surface area contributed by atoms with Crippen LogP contribution in [-0.4, -0.2) is 50.2 Å². The molecule has 1 fully saturated rings. The van der Waals surface area contributed by atoms with Crippen LogP contribution in [0, 0.1) is 0 Å². The summed E-state index contributed by atoms with van der Waals surface area (Å²) in [6.07, 6.45) is 3.06. The van der Waals surface area contributed by atoms with E-state index in [1.54, 1.807) is 7.11 Å². The van der Waals surface area contributed by atoms with Crippen molar-refractivity contribution >= 4 is 17.5 Å². The Balaban J connectivity index is 1.70. The molecule has 0 radical (unpaired) electrons. The molecule has 1 atom stereocenters. The summed E-state index contributed by atoms with van der Waals surface area (Å²) in [5.74, 6) is 0.0834. The quantitative estimate of drug-likeness (QED) is 0.838. The number of hydrogen-bond acceptors (Lipinski definition) is 3. The van der Waals surface area contributed by atoms with E-state index in [1.807, 2.05) is 24.3 Å². The third-order valence-electron chi connectivity index (χ3n) is 3.83. The predicted molar refractivity (Wildman–Crippen MR) is 84.6 cm³/mol. The molecule has 1 saturated heterocycles. The van der Waals surface area contributed by atoms with Crippen LogP contribution in [-0.2, 0) is 16.0 Å². The Labute approximate surface area is 131 Å². The number of ether oxygens (including phenoxy) is 1. The van der Waals surface area contributed by atoms with Gasteiger partial charge in [0.1, 0.15) is 0 Å². The summed E-state index contributed by atoms with van der Waals surface area (Å²) >= 11 is 5.94. The Hall–Kier alpha value is -1.10. The van der Waals surface area contributed by atoms with Crippen LogP contribution in [0.1, 0.15) is 18.4 Å². The zero-order chi connectivity index (χ0) is 15.1. The minimum Gasteiger partial charge on any atom is -0.383 e. The first kappa shape index (κ1) is 16.3. The average Bonchev–Trinajstić information content (AvgIpc) is 2.86. The van der Waals surface area contributed by atoms with Gasteiger partial charge < -0.3 is 10.1 Å². The molecule has 0 aromatic heterocycles. The fourth-order valence-corrected chi connectivity index (χ4v) is 2.98. The Morgan fingerprint density at radius 1 is 1.52 bits per heavy atom. The van der Waals surface area contributed by atoms with Crippen LogP contribution in [0.15, 0.2) is 24.3 Å². The molecule has 1 aromatic rings. The van der Waals surface area contributed by atoms with Crippen LogP contribution in [0.5, 0.6) is 0 Å². The normalized spacial score (nSPS) is 18.9. The van der Waals surface area contributed by atoms with E-state index in [-0.39, 0.29) is 5.91 Å². The van der Waals surface area contributed by atoms with Gasteiger partial charge >= 0.3 is 0 Å². The van der Waals surface area contributed by atoms with Crippen molar-refractivity contribution in [2.24, 2.45) is 0 Å². The molecule has 0 bridgehead atoms. The van der Waals surface area contributed by atoms with Gasteiger partial charge in [0, 0.05) is 24.7 Å². The third kappa shape index (κ3) is 5.30. The lowest BCUT2D eigenvalue weighted by molar-refractivity contribution is -0.122. The molecule has 0 saturated carbocycles. The summed E-state index contributed by atoms with van der Waals surface area (Å²) in [6.45, 7) is 2.79. The van der Waals surface area contributed by atoms with Gasteiger partial charge in [-0.15, -0.1) is 0 Å². The van der Waals surface area contributed by atoms with Crippen molar-refractivity contribution in [1.82, 2.24) is 10.2 Å². The minimum absolute atomic E-state index is 0.0834. The number of halogens is 1. The van der Waals surface area contributed by atoms with E-state index in [4.69, 9.17) is 16.3 Å². The molecule has 1 N–H and O–H groups in total. The van der Waals surface area contributed by atoms with E-state index in [2.05, 4.69) is 10.2 Å². The summed E-state index contributed by atoms with van der Waals surface area (Å²) in [4.78, 5) is 14.2. The first-order valence-electron chi connectivity index (χ1n) is 7.43. The zero-order valence-corrected chi connectivity index (χ0v) is 13.2. The molecule has 1 aliphatic heterocycles. The van der Waals surface area contributed by atoms with Crippen molar-refractivity contribution in [3.05, 3.63) is 34.9 Å². The molecule has 1 aliphatic rings. The van der Waals surface area contributed by atoms with Crippen LogP contribution in [0.25, 0.3) is 0 Å². The van der Waals surface area contributed by atoms with Crippen molar-refractivity contribution in [2.45, 2.75) is 25.3 Å². The molecule has 116 valence electrons. The van der Waals surface area contributed by atoms with Gasteiger partial charge in [-0.1, -0.05) is 23.7 Å². The lowest BCUT2D eigenvalue weighted by Crippen LogP contribution is -2.41. The molecule has 1 amide bonds. The number of likely N-dealkylation sites (tertiary alicyclic amines) is 1. The zero-order valence-electron chi connectivity index (χ0n) is 12.5. The van der Waals surface area contributed by atoms with Crippen LogP contribution in [0.4, 0.5) is 0 Å². The number of hydrogen-bond donors (Lipinski definition) is 1. The van der Waals surface area contributed by atoms with Crippen molar-refractivity contribution in [2.75, 3.05) is 33.4 Å². The smallest absolute Gasteiger partial charge is 0.234 e. The van der Waals surface area contributed by atoms with Gasteiger partial charge in [0.15, 0.2) is 0 Å². The molecular weight excluding hydrogens is 288 g/mol. The van der Waals surface area contributed by atoms with E-state index < -0.39 is 0 Å². The van der Waals surface area contributed by atoms with Gasteiger partial charge in [0.05, 0.1) is 13.2 Å². The Bertz CT molecular complexity index is 467. The largest absolute Gasteiger partial charge is 0.383 e. The topological polar surface area (TPSA) is 41.6 Å². The van der Waals surface area contributed by atoms with Gasteiger partial charge in [-0.3, -0.25) is 9.69 Å². The highest BCUT2D eigenvalue weighted by Gasteiger charge is 2.25. The number of carbonyl (C=O) groups excluding carboxylic acids is 1. The molecule has 0 aliphatic carbocycles. The van der Waals surface area contributed by atoms with Crippen molar-refractivity contribution in [1.29, 1.82) is 0 Å². The molecule has 1 aromatic carbocycles. The highest BCUT2D eigenvalue weighted by molar-refractivity contribution is 6.30. The molecule has 5 heteroatoms. The van der Waals surface area contributed by atoms with Gasteiger partial charge in [0.25, 0.3) is 0 Å². The monoisotopic (exact) mass is 310 g/mol. The molecule has 4 nitrogen and oxygen atoms in total. The SMILES string of the molecule is COC[C@@H]1CCCN1CC(=O)NCCc1cccc(Cl)c1. The summed E-state index contributed by atoms with van der Waals surface area (Å²) < 4.78 is 5.20. The Morgan fingerprint density at radius 3 is 3.14 bits per heavy atom. The number of amides is 1. The number of nitrogens with one attached hydrogen (secondary N) is 1. The number of rotatable bonds is 7. The van der Waals surface area contributed by atoms with Crippen LogP contribution < -0.4 is 5.32 Å². The minimum atomic E-state index is 0.0834. The summed E-state index contributed by atoms with van der Waals surface area (Å²) in [5.41, 5.74) is 1.14. The van der Waals surface area contributed by atoms with Crippen LogP contribution >= 0.6 is 11.6 Å². The van der Waals surface area contributed by atoms with E-state index in [1.165, 1.54) is 0 Å². The maximum absolute atomic E-state index is 12.0. The number of methoxy groups -OCH3 is 1. The summed E-state index contributed by atoms with van der Waals surface area (Å²) in [7, 11) is 1.71. The molecule has 1 heterocycles. The van der Waals surface area contributed by atoms with E-state index in [0.29, 0.717) is 25.7 Å². The van der Waals surface area contributed by atoms with Gasteiger partial charge in [0.2, 0.25) is 5.91 Å². The Morgan fingerprint density at radius 2 is 2.38 bits per heavy atom. The lowest BCUT2D eigenvalue weighted by Gasteiger charge is -2.23. The van der Waals surface area contributed by atoms with Gasteiger partial charge in [-0.25, -0.2) is 0 Å². The highest BCUT2D eigenvalue weighted by Crippen LogP contribution is 2.16. The first-order valence-corrected chi connectivity index (χ1v) is 7.81. The summed E-state index contributed by atoms with van der Waals surface area (Å²) in [5, 5.41) is 3.71. The van der Waals surface area contributed by atoms with Crippen LogP contribution in [0.3, 0.4) is 0 Å². The van der Waals surface area contributed by atoms with Crippen molar-refractivity contribution in [3.8, 4) is 0 Å². The molecule has 0 spiro atoms. The molecule has 2 rings (SSSR count). The van der Waals surface area contributed by atoms with E-state index in [0.717, 1.165) is 36.4 Å². The highest BCUT2D eigenvalue weighted by atomic mass is 35.5. The second kappa shape index (κ2) is 8.37. The van der Waals surface area contributed by atoms with Crippen LogP contribution in [0.2, 0.25) is 5.02 Å². The van der Waals surface area contributed by atoms with Crippen molar-refractivity contribution < 1.29 is 9.53 Å². The van der Waals surface area contributed by atoms with E-state index in [9.17, 15) is 4.79 Å². The lowest BCUT2D eigenvalue weighted by atomic mass is 10.1. The van der Waals surface area contributed by atoms with E-state index >= 15 is 0 Å². The Kier molecular flexibility index (Phi) is 6.49. The average molecular weight is 311 g/mol.